The lowest BCUT2D eigenvalue weighted by Gasteiger charge is -2.17. The summed E-state index contributed by atoms with van der Waals surface area (Å²) in [6.07, 6.45) is 9.47. The molecule has 14 heavy (non-hydrogen) atoms. The van der Waals surface area contributed by atoms with Crippen molar-refractivity contribution in [3.63, 3.8) is 0 Å². The Balaban J connectivity index is 2.00. The van der Waals surface area contributed by atoms with Crippen molar-refractivity contribution < 1.29 is 4.42 Å². The van der Waals surface area contributed by atoms with Crippen LogP contribution in [0, 0.1) is 5.41 Å². The topological polar surface area (TPSA) is 26.0 Å². The number of hydrogen-bond donors (Lipinski definition) is 0. The van der Waals surface area contributed by atoms with E-state index in [1.807, 2.05) is 6.20 Å². The first-order valence-corrected chi connectivity index (χ1v) is 5.45. The van der Waals surface area contributed by atoms with E-state index in [2.05, 4.69) is 25.8 Å². The second kappa shape index (κ2) is 5.18. The maximum absolute atomic E-state index is 5.17. The summed E-state index contributed by atoms with van der Waals surface area (Å²) in [6, 6.07) is 0. The van der Waals surface area contributed by atoms with Crippen molar-refractivity contribution in [2.24, 2.45) is 5.41 Å². The molecule has 1 aromatic heterocycles. The first kappa shape index (κ1) is 11.3. The molecular formula is C12H21NO. The van der Waals surface area contributed by atoms with Crippen molar-refractivity contribution >= 4 is 0 Å². The van der Waals surface area contributed by atoms with Gasteiger partial charge in [0.25, 0.3) is 0 Å². The maximum Gasteiger partial charge on any atom is 0.180 e. The Morgan fingerprint density at radius 3 is 2.57 bits per heavy atom. The summed E-state index contributed by atoms with van der Waals surface area (Å²) in [5, 5.41) is 0. The molecule has 0 aliphatic heterocycles. The minimum atomic E-state index is 0.478. The zero-order valence-electron chi connectivity index (χ0n) is 9.55. The van der Waals surface area contributed by atoms with Crippen LogP contribution in [0.15, 0.2) is 17.0 Å². The van der Waals surface area contributed by atoms with Gasteiger partial charge in [-0.15, -0.1) is 0 Å². The smallest absolute Gasteiger partial charge is 0.180 e. The summed E-state index contributed by atoms with van der Waals surface area (Å²) in [5.74, 6) is 1.01. The van der Waals surface area contributed by atoms with Crippen molar-refractivity contribution in [1.29, 1.82) is 0 Å². The molecule has 2 nitrogen and oxygen atoms in total. The highest BCUT2D eigenvalue weighted by Gasteiger charge is 2.08. The van der Waals surface area contributed by atoms with Gasteiger partial charge in [0, 0.05) is 6.42 Å². The fraction of sp³-hybridized carbons (Fsp3) is 0.750. The lowest BCUT2D eigenvalue weighted by molar-refractivity contribution is 0.356. The van der Waals surface area contributed by atoms with Gasteiger partial charge in [0.1, 0.15) is 5.76 Å². The van der Waals surface area contributed by atoms with E-state index in [1.165, 1.54) is 32.1 Å². The minimum absolute atomic E-state index is 0.478. The first-order valence-electron chi connectivity index (χ1n) is 5.45. The normalized spacial score (nSPS) is 11.9. The molecule has 1 heterocycles. The molecule has 0 aromatic carbocycles. The summed E-state index contributed by atoms with van der Waals surface area (Å²) in [5.41, 5.74) is 0.478. The molecule has 0 amide bonds. The van der Waals surface area contributed by atoms with Gasteiger partial charge in [0.2, 0.25) is 0 Å². The van der Waals surface area contributed by atoms with E-state index in [-0.39, 0.29) is 0 Å². The Hall–Kier alpha value is -0.790. The van der Waals surface area contributed by atoms with Gasteiger partial charge in [0.15, 0.2) is 6.39 Å². The molecule has 0 fully saturated rings. The Morgan fingerprint density at radius 2 is 2.00 bits per heavy atom. The molecule has 80 valence electrons. The summed E-state index contributed by atoms with van der Waals surface area (Å²) < 4.78 is 5.17. The number of rotatable bonds is 5. The fourth-order valence-electron chi connectivity index (χ4n) is 1.50. The number of aromatic nitrogens is 1. The van der Waals surface area contributed by atoms with Crippen LogP contribution in [0.25, 0.3) is 0 Å². The molecule has 0 N–H and O–H groups in total. The second-order valence-corrected chi connectivity index (χ2v) is 5.09. The molecule has 0 aliphatic carbocycles. The third kappa shape index (κ3) is 5.05. The Labute approximate surface area is 86.7 Å². The highest BCUT2D eigenvalue weighted by Crippen LogP contribution is 2.22. The Bertz CT molecular complexity index is 233. The van der Waals surface area contributed by atoms with Gasteiger partial charge in [-0.05, 0) is 18.3 Å². The molecule has 0 radical (unpaired) electrons. The van der Waals surface area contributed by atoms with Crippen molar-refractivity contribution in [1.82, 2.24) is 4.98 Å². The number of nitrogens with zero attached hydrogens (tertiary/aromatic N) is 1. The molecule has 0 aliphatic rings. The van der Waals surface area contributed by atoms with Gasteiger partial charge in [-0.1, -0.05) is 33.6 Å². The zero-order valence-corrected chi connectivity index (χ0v) is 9.55. The maximum atomic E-state index is 5.17. The summed E-state index contributed by atoms with van der Waals surface area (Å²) in [6.45, 7) is 6.89. The van der Waals surface area contributed by atoms with E-state index in [1.54, 1.807) is 0 Å². The van der Waals surface area contributed by atoms with Gasteiger partial charge in [-0.25, -0.2) is 4.98 Å². The fourth-order valence-corrected chi connectivity index (χ4v) is 1.50. The third-order valence-electron chi connectivity index (χ3n) is 2.33. The molecule has 1 rings (SSSR count). The van der Waals surface area contributed by atoms with Crippen LogP contribution in [0.3, 0.4) is 0 Å². The van der Waals surface area contributed by atoms with Crippen LogP contribution in [0.5, 0.6) is 0 Å². The van der Waals surface area contributed by atoms with Crippen LogP contribution in [-0.4, -0.2) is 4.98 Å². The molecule has 0 spiro atoms. The molecule has 0 atom stereocenters. The lowest BCUT2D eigenvalue weighted by atomic mass is 9.89. The standard InChI is InChI=1S/C12H21NO/c1-12(2,3)8-6-4-5-7-11-9-13-10-14-11/h9-10H,4-8H2,1-3H3. The molecule has 0 unspecified atom stereocenters. The van der Waals surface area contributed by atoms with Crippen LogP contribution >= 0.6 is 0 Å². The van der Waals surface area contributed by atoms with Crippen LogP contribution in [-0.2, 0) is 6.42 Å². The van der Waals surface area contributed by atoms with E-state index in [9.17, 15) is 0 Å². The van der Waals surface area contributed by atoms with Gasteiger partial charge < -0.3 is 4.42 Å². The van der Waals surface area contributed by atoms with E-state index in [0.717, 1.165) is 12.2 Å². The van der Waals surface area contributed by atoms with Crippen molar-refractivity contribution in [2.75, 3.05) is 0 Å². The van der Waals surface area contributed by atoms with Crippen LogP contribution in [0.1, 0.15) is 52.2 Å². The Kier molecular flexibility index (Phi) is 4.18. The zero-order chi connectivity index (χ0) is 10.4. The van der Waals surface area contributed by atoms with E-state index < -0.39 is 0 Å². The molecule has 2 heteroatoms. The summed E-state index contributed by atoms with van der Waals surface area (Å²) >= 11 is 0. The van der Waals surface area contributed by atoms with Crippen molar-refractivity contribution in [3.8, 4) is 0 Å². The van der Waals surface area contributed by atoms with E-state index >= 15 is 0 Å². The van der Waals surface area contributed by atoms with Gasteiger partial charge in [-0.2, -0.15) is 0 Å². The largest absolute Gasteiger partial charge is 0.449 e. The Morgan fingerprint density at radius 1 is 1.21 bits per heavy atom. The third-order valence-corrected chi connectivity index (χ3v) is 2.33. The number of aryl methyl sites for hydroxylation is 1. The average Bonchev–Trinajstić information content (AvgIpc) is 2.54. The van der Waals surface area contributed by atoms with Crippen molar-refractivity contribution in [3.05, 3.63) is 18.4 Å². The number of oxazole rings is 1. The quantitative estimate of drug-likeness (QED) is 0.667. The highest BCUT2D eigenvalue weighted by molar-refractivity contribution is 4.87. The molecule has 0 saturated carbocycles. The summed E-state index contributed by atoms with van der Waals surface area (Å²) in [7, 11) is 0. The van der Waals surface area contributed by atoms with Crippen LogP contribution in [0.4, 0.5) is 0 Å². The molecule has 1 aromatic rings. The number of unbranched alkanes of at least 4 members (excludes halogenated alkanes) is 2. The van der Waals surface area contributed by atoms with Gasteiger partial charge >= 0.3 is 0 Å². The van der Waals surface area contributed by atoms with Gasteiger partial charge in [-0.3, -0.25) is 0 Å². The number of hydrogen-bond acceptors (Lipinski definition) is 2. The first-order chi connectivity index (χ1) is 6.58. The SMILES string of the molecule is CC(C)(C)CCCCCc1cnco1. The predicted octanol–water partition coefficient (Wildman–Crippen LogP) is 3.82. The molecular weight excluding hydrogens is 174 g/mol. The summed E-state index contributed by atoms with van der Waals surface area (Å²) in [4.78, 5) is 3.89. The van der Waals surface area contributed by atoms with E-state index in [0.29, 0.717) is 5.41 Å². The highest BCUT2D eigenvalue weighted by atomic mass is 16.3. The molecule has 0 bridgehead atoms. The van der Waals surface area contributed by atoms with E-state index in [4.69, 9.17) is 4.42 Å². The molecule has 0 saturated heterocycles. The van der Waals surface area contributed by atoms with Gasteiger partial charge in [0.05, 0.1) is 6.20 Å². The average molecular weight is 195 g/mol. The van der Waals surface area contributed by atoms with Crippen LogP contribution < -0.4 is 0 Å². The van der Waals surface area contributed by atoms with Crippen LogP contribution in [0.2, 0.25) is 0 Å². The second-order valence-electron chi connectivity index (χ2n) is 5.09. The monoisotopic (exact) mass is 195 g/mol. The minimum Gasteiger partial charge on any atom is -0.449 e. The lowest BCUT2D eigenvalue weighted by Crippen LogP contribution is -2.03. The van der Waals surface area contributed by atoms with Crippen molar-refractivity contribution in [2.45, 2.75) is 52.9 Å². The predicted molar refractivity (Wildman–Crippen MR) is 58.1 cm³/mol.